The molecule has 14 heteroatoms. The van der Waals surface area contributed by atoms with Crippen molar-refractivity contribution < 1.29 is 19.1 Å². The highest BCUT2D eigenvalue weighted by atomic mass is 131. The lowest BCUT2D eigenvalue weighted by atomic mass is 10.0. The van der Waals surface area contributed by atoms with Crippen LogP contribution in [0.5, 0.6) is 6.01 Å². The number of likely N-dealkylation sites (tertiary alicyclic amines) is 1. The Morgan fingerprint density at radius 1 is 1.05 bits per heavy atom. The number of nitrogens with zero attached hydrogens (tertiary/aromatic N) is 7. The van der Waals surface area contributed by atoms with E-state index in [9.17, 15) is 9.59 Å². The maximum Gasteiger partial charge on any atom is 0.318 e. The van der Waals surface area contributed by atoms with E-state index in [1.807, 2.05) is 36.4 Å². The summed E-state index contributed by atoms with van der Waals surface area (Å²) in [4.78, 5) is 47.6. The minimum absolute atomic E-state index is 0.0131. The summed E-state index contributed by atoms with van der Waals surface area (Å²) in [5.41, 5.74) is 4.05. The summed E-state index contributed by atoms with van der Waals surface area (Å²) in [6.07, 6.45) is 4.04. The van der Waals surface area contributed by atoms with E-state index in [0.29, 0.717) is 69.9 Å². The van der Waals surface area contributed by atoms with E-state index < -0.39 is 0 Å². The Labute approximate surface area is 346 Å². The fraction of sp³-hybridized carbons (Fsp3) is 0.405. The van der Waals surface area contributed by atoms with Crippen molar-refractivity contribution in [1.82, 2.24) is 25.1 Å². The molecule has 0 spiro atoms. The van der Waals surface area contributed by atoms with Crippen molar-refractivity contribution in [3.8, 4) is 6.01 Å². The standard InChI is InChI=1S/C42H46ClIN8O4/c1-3-39(54)52-21-20-51(24-33(52)23-45-2)41-34-15-18-50(37-14-6-10-30-9-5-13-35(43)40(30)37)25-36(34)47-42(48-41)56-27-32-12-7-17-49(32)19-16-46-38(53)28-55-26-29-8-4-11-31(44)22-29/h3-6,8-11,13-14,22,32-33H,1,7,12,15-21,23-28H2,(H,46,53)/t32-,33-/m0/s1/i44+4. The third-order valence-electron chi connectivity index (χ3n) is 10.8. The molecule has 3 aromatic carbocycles. The molecule has 0 unspecified atom stereocenters. The van der Waals surface area contributed by atoms with Crippen LogP contribution in [0.3, 0.4) is 0 Å². The van der Waals surface area contributed by atoms with Crippen molar-refractivity contribution in [3.05, 3.63) is 110 Å². The van der Waals surface area contributed by atoms with Crippen LogP contribution in [0, 0.1) is 10.1 Å². The van der Waals surface area contributed by atoms with Gasteiger partial charge in [0, 0.05) is 65.5 Å². The monoisotopic (exact) mass is 892 g/mol. The second-order valence-electron chi connectivity index (χ2n) is 14.3. The van der Waals surface area contributed by atoms with Crippen LogP contribution in [-0.2, 0) is 33.9 Å². The van der Waals surface area contributed by atoms with Crippen LogP contribution < -0.4 is 19.9 Å². The van der Waals surface area contributed by atoms with E-state index in [0.717, 1.165) is 68.6 Å². The number of hydrogen-bond acceptors (Lipinski definition) is 9. The van der Waals surface area contributed by atoms with E-state index in [1.165, 1.54) is 6.08 Å². The highest BCUT2D eigenvalue weighted by Crippen LogP contribution is 2.37. The van der Waals surface area contributed by atoms with Gasteiger partial charge in [-0.05, 0) is 89.7 Å². The molecule has 4 aromatic rings. The molecule has 2 atom stereocenters. The first kappa shape index (κ1) is 39.7. The molecule has 2 saturated heterocycles. The van der Waals surface area contributed by atoms with Crippen molar-refractivity contribution in [2.75, 3.05) is 75.4 Å². The normalized spacial score (nSPS) is 18.4. The second-order valence-corrected chi connectivity index (χ2v) is 16.0. The highest BCUT2D eigenvalue weighted by Gasteiger charge is 2.35. The minimum atomic E-state index is -0.286. The molecule has 2 amide bonds. The Morgan fingerprint density at radius 2 is 1.89 bits per heavy atom. The molecule has 0 radical (unpaired) electrons. The van der Waals surface area contributed by atoms with Crippen LogP contribution >= 0.6 is 34.2 Å². The first-order valence-electron chi connectivity index (χ1n) is 19.1. The predicted molar refractivity (Wildman–Crippen MR) is 227 cm³/mol. The smallest absolute Gasteiger partial charge is 0.318 e. The molecule has 12 nitrogen and oxygen atoms in total. The zero-order chi connectivity index (χ0) is 39.0. The zero-order valence-corrected chi connectivity index (χ0v) is 34.3. The number of aromatic nitrogens is 2. The molecule has 7 rings (SSSR count). The van der Waals surface area contributed by atoms with Crippen molar-refractivity contribution in [1.29, 1.82) is 0 Å². The first-order chi connectivity index (χ1) is 27.3. The summed E-state index contributed by atoms with van der Waals surface area (Å²) in [5.74, 6) is 0.505. The van der Waals surface area contributed by atoms with Crippen LogP contribution in [0.15, 0.2) is 73.3 Å². The summed E-state index contributed by atoms with van der Waals surface area (Å²) in [7, 11) is 0. The number of ether oxygens (including phenoxy) is 2. The van der Waals surface area contributed by atoms with Gasteiger partial charge in [-0.15, -0.1) is 0 Å². The van der Waals surface area contributed by atoms with Gasteiger partial charge in [-0.25, -0.2) is 6.57 Å². The number of carbonyl (C=O) groups excluding carboxylic acids is 2. The van der Waals surface area contributed by atoms with Gasteiger partial charge in [0.25, 0.3) is 0 Å². The van der Waals surface area contributed by atoms with Gasteiger partial charge in [-0.1, -0.05) is 54.6 Å². The summed E-state index contributed by atoms with van der Waals surface area (Å²) in [5, 5.41) is 5.81. The molecule has 3 aliphatic heterocycles. The summed E-state index contributed by atoms with van der Waals surface area (Å²) in [6, 6.07) is 20.4. The van der Waals surface area contributed by atoms with Crippen LogP contribution in [0.1, 0.15) is 29.7 Å². The van der Waals surface area contributed by atoms with Crippen molar-refractivity contribution in [2.45, 2.75) is 44.5 Å². The number of benzene rings is 3. The SMILES string of the molecule is [C-]#[N+]C[C@H]1CN(c2nc(OC[C@@H]3CCCN3CCNC(=O)COCc3cccc([131I])c3)nc3c2CCN(c2cccc4cccc(Cl)c24)C3)CCN1C(=O)C=C. The molecular formula is C42H46ClIN8O4. The van der Waals surface area contributed by atoms with Crippen LogP contribution in [0.2, 0.25) is 5.02 Å². The van der Waals surface area contributed by atoms with Crippen molar-refractivity contribution >= 4 is 68.3 Å². The average Bonchev–Trinajstić information content (AvgIpc) is 3.66. The summed E-state index contributed by atoms with van der Waals surface area (Å²) >= 11 is 9.03. The van der Waals surface area contributed by atoms with Crippen molar-refractivity contribution in [2.24, 2.45) is 0 Å². The Morgan fingerprint density at radius 3 is 2.71 bits per heavy atom. The van der Waals surface area contributed by atoms with E-state index >= 15 is 0 Å². The van der Waals surface area contributed by atoms with Crippen LogP contribution in [-0.4, -0.2) is 109 Å². The third-order valence-corrected chi connectivity index (χ3v) is 11.7. The topological polar surface area (TPSA) is 108 Å². The number of fused-ring (bicyclic) bond motifs is 2. The number of rotatable bonds is 14. The van der Waals surface area contributed by atoms with Gasteiger partial charge in [0.1, 0.15) is 25.1 Å². The Bertz CT molecular complexity index is 2110. The zero-order valence-electron chi connectivity index (χ0n) is 31.3. The quantitative estimate of drug-likeness (QED) is 0.0964. The molecule has 4 heterocycles. The van der Waals surface area contributed by atoms with Gasteiger partial charge < -0.3 is 34.3 Å². The number of piperazine rings is 1. The molecule has 2 fully saturated rings. The van der Waals surface area contributed by atoms with Gasteiger partial charge in [-0.3, -0.25) is 14.5 Å². The lowest BCUT2D eigenvalue weighted by Gasteiger charge is -2.41. The number of halogens is 2. The molecule has 56 heavy (non-hydrogen) atoms. The largest absolute Gasteiger partial charge is 0.462 e. The molecule has 1 aromatic heterocycles. The molecule has 292 valence electrons. The fourth-order valence-electron chi connectivity index (χ4n) is 8.00. The fourth-order valence-corrected chi connectivity index (χ4v) is 8.89. The predicted octanol–water partition coefficient (Wildman–Crippen LogP) is 5.75. The Hall–Kier alpha value is -4.49. The summed E-state index contributed by atoms with van der Waals surface area (Å²) < 4.78 is 13.2. The van der Waals surface area contributed by atoms with Gasteiger partial charge in [0.05, 0.1) is 23.9 Å². The Balaban J connectivity index is 1.05. The van der Waals surface area contributed by atoms with Gasteiger partial charge in [-0.2, -0.15) is 9.97 Å². The molecule has 3 aliphatic rings. The maximum absolute atomic E-state index is 12.7. The number of amides is 2. The molecular weight excluding hydrogens is 847 g/mol. The number of anilines is 2. The van der Waals surface area contributed by atoms with Gasteiger partial charge in [0.15, 0.2) is 0 Å². The molecule has 0 saturated carbocycles. The lowest BCUT2D eigenvalue weighted by molar-refractivity contribution is -0.128. The summed E-state index contributed by atoms with van der Waals surface area (Å²) in [6.45, 7) is 17.2. The number of carbonyl (C=O) groups is 2. The van der Waals surface area contributed by atoms with E-state index in [1.54, 1.807) is 4.90 Å². The van der Waals surface area contributed by atoms with Crippen molar-refractivity contribution in [3.63, 3.8) is 0 Å². The van der Waals surface area contributed by atoms with E-state index in [-0.39, 0.29) is 37.0 Å². The minimum Gasteiger partial charge on any atom is -0.462 e. The highest BCUT2D eigenvalue weighted by molar-refractivity contribution is 14.1. The third kappa shape index (κ3) is 9.37. The van der Waals surface area contributed by atoms with E-state index in [2.05, 4.69) is 78.3 Å². The van der Waals surface area contributed by atoms with Gasteiger partial charge >= 0.3 is 6.01 Å². The van der Waals surface area contributed by atoms with E-state index in [4.69, 9.17) is 37.6 Å². The van der Waals surface area contributed by atoms with Crippen LogP contribution in [0.25, 0.3) is 15.6 Å². The first-order valence-corrected chi connectivity index (χ1v) is 20.6. The maximum atomic E-state index is 12.7. The van der Waals surface area contributed by atoms with Gasteiger partial charge in [0.2, 0.25) is 18.4 Å². The number of hydrogen-bond donors (Lipinski definition) is 1. The van der Waals surface area contributed by atoms with Crippen LogP contribution in [0.4, 0.5) is 11.5 Å². The Kier molecular flexibility index (Phi) is 13.2. The molecule has 1 N–H and O–H groups in total. The second kappa shape index (κ2) is 18.6. The number of nitrogens with one attached hydrogen (secondary N) is 1. The average molecular weight is 893 g/mol. The molecule has 0 bridgehead atoms. The lowest BCUT2D eigenvalue weighted by Crippen LogP contribution is -2.56. The molecule has 0 aliphatic carbocycles.